The number of hydrogen-bond acceptors (Lipinski definition) is 4. The van der Waals surface area contributed by atoms with Gasteiger partial charge in [-0.05, 0) is 56.2 Å². The van der Waals surface area contributed by atoms with E-state index in [2.05, 4.69) is 32.6 Å². The van der Waals surface area contributed by atoms with E-state index in [0.29, 0.717) is 0 Å². The van der Waals surface area contributed by atoms with Crippen molar-refractivity contribution >= 4 is 11.6 Å². The first-order valence-corrected chi connectivity index (χ1v) is 9.93. The van der Waals surface area contributed by atoms with Crippen molar-refractivity contribution in [3.05, 3.63) is 72.4 Å². The Morgan fingerprint density at radius 2 is 1.77 bits per heavy atom. The third-order valence-corrected chi connectivity index (χ3v) is 5.06. The van der Waals surface area contributed by atoms with Gasteiger partial charge in [0.1, 0.15) is 6.54 Å². The lowest BCUT2D eigenvalue weighted by Gasteiger charge is -2.07. The zero-order valence-corrected chi connectivity index (χ0v) is 17.3. The van der Waals surface area contributed by atoms with Crippen LogP contribution >= 0.6 is 0 Å². The van der Waals surface area contributed by atoms with Gasteiger partial charge in [0.2, 0.25) is 5.91 Å². The van der Waals surface area contributed by atoms with Crippen LogP contribution in [0.15, 0.2) is 61.1 Å². The second-order valence-corrected chi connectivity index (χ2v) is 7.13. The molecule has 1 aromatic carbocycles. The summed E-state index contributed by atoms with van der Waals surface area (Å²) in [5.41, 5.74) is 6.57. The molecule has 4 rings (SSSR count). The number of aryl methyl sites for hydroxylation is 2. The van der Waals surface area contributed by atoms with E-state index in [4.69, 9.17) is 0 Å². The number of nitrogens with zero attached hydrogens (tertiary/aromatic N) is 5. The highest BCUT2D eigenvalue weighted by molar-refractivity contribution is 5.91. The molecule has 0 atom stereocenters. The summed E-state index contributed by atoms with van der Waals surface area (Å²) in [6.07, 6.45) is 5.38. The number of benzene rings is 1. The Kier molecular flexibility index (Phi) is 5.43. The quantitative estimate of drug-likeness (QED) is 0.529. The van der Waals surface area contributed by atoms with Crippen molar-refractivity contribution in [3.8, 4) is 22.4 Å². The smallest absolute Gasteiger partial charge is 0.246 e. The molecule has 0 spiro atoms. The summed E-state index contributed by atoms with van der Waals surface area (Å²) in [4.78, 5) is 16.6. The maximum atomic E-state index is 12.6. The number of amides is 1. The number of aromatic nitrogens is 5. The first-order valence-electron chi connectivity index (χ1n) is 9.93. The normalized spacial score (nSPS) is 10.9. The molecule has 4 aromatic rings. The Hall–Kier alpha value is -3.74. The minimum atomic E-state index is -0.128. The Balaban J connectivity index is 1.49. The second kappa shape index (κ2) is 8.32. The Bertz CT molecular complexity index is 1180. The predicted molar refractivity (Wildman–Crippen MR) is 117 cm³/mol. The van der Waals surface area contributed by atoms with Crippen LogP contribution in [0.4, 0.5) is 5.69 Å². The molecule has 7 heteroatoms. The van der Waals surface area contributed by atoms with Crippen LogP contribution in [-0.2, 0) is 17.9 Å². The molecule has 0 radical (unpaired) electrons. The monoisotopic (exact) mass is 400 g/mol. The molecule has 3 heterocycles. The van der Waals surface area contributed by atoms with Crippen LogP contribution in [0.1, 0.15) is 18.3 Å². The van der Waals surface area contributed by atoms with Gasteiger partial charge in [-0.15, -0.1) is 0 Å². The molecule has 0 aliphatic carbocycles. The van der Waals surface area contributed by atoms with Crippen LogP contribution in [0.5, 0.6) is 0 Å². The number of rotatable bonds is 6. The number of pyridine rings is 1. The average molecular weight is 400 g/mol. The van der Waals surface area contributed by atoms with Crippen molar-refractivity contribution < 1.29 is 4.79 Å². The molecule has 1 amide bonds. The minimum absolute atomic E-state index is 0.128. The van der Waals surface area contributed by atoms with Gasteiger partial charge in [0.25, 0.3) is 0 Å². The van der Waals surface area contributed by atoms with Crippen molar-refractivity contribution in [2.75, 3.05) is 5.32 Å². The van der Waals surface area contributed by atoms with Crippen LogP contribution in [0.2, 0.25) is 0 Å². The lowest BCUT2D eigenvalue weighted by Crippen LogP contribution is -2.19. The van der Waals surface area contributed by atoms with Crippen LogP contribution < -0.4 is 5.32 Å². The molecule has 0 aliphatic rings. The fourth-order valence-corrected chi connectivity index (χ4v) is 3.52. The maximum Gasteiger partial charge on any atom is 0.246 e. The first-order chi connectivity index (χ1) is 14.5. The highest BCUT2D eigenvalue weighted by atomic mass is 16.2. The standard InChI is InChI=1S/C23H24N6O/c1-4-29-17(3)23(16(2)26-29)25-22(30)15-28-13-10-21(27-28)20-7-5-6-19(14-20)18-8-11-24-12-9-18/h5-14H,4,15H2,1-3H3,(H,25,30). The maximum absolute atomic E-state index is 12.6. The first kappa shape index (κ1) is 19.6. The Morgan fingerprint density at radius 3 is 2.50 bits per heavy atom. The molecule has 0 fully saturated rings. The van der Waals surface area contributed by atoms with Crippen molar-refractivity contribution in [3.63, 3.8) is 0 Å². The van der Waals surface area contributed by atoms with Crippen LogP contribution in [0, 0.1) is 13.8 Å². The van der Waals surface area contributed by atoms with Gasteiger partial charge in [0.05, 0.1) is 22.8 Å². The predicted octanol–water partition coefficient (Wildman–Crippen LogP) is 4.08. The van der Waals surface area contributed by atoms with Gasteiger partial charge in [-0.2, -0.15) is 10.2 Å². The zero-order chi connectivity index (χ0) is 21.1. The molecule has 1 N–H and O–H groups in total. The summed E-state index contributed by atoms with van der Waals surface area (Å²) < 4.78 is 3.53. The van der Waals surface area contributed by atoms with Gasteiger partial charge in [-0.25, -0.2) is 0 Å². The van der Waals surface area contributed by atoms with Gasteiger partial charge in [0.15, 0.2) is 0 Å². The molecular weight excluding hydrogens is 376 g/mol. The third kappa shape index (κ3) is 4.00. The fourth-order valence-electron chi connectivity index (χ4n) is 3.52. The van der Waals surface area contributed by atoms with Crippen LogP contribution in [0.3, 0.4) is 0 Å². The molecule has 0 bridgehead atoms. The molecule has 152 valence electrons. The molecule has 3 aromatic heterocycles. The number of hydrogen-bond donors (Lipinski definition) is 1. The summed E-state index contributed by atoms with van der Waals surface area (Å²) in [5.74, 6) is -0.128. The van der Waals surface area contributed by atoms with Gasteiger partial charge >= 0.3 is 0 Å². The van der Waals surface area contributed by atoms with Gasteiger partial charge < -0.3 is 5.32 Å². The lowest BCUT2D eigenvalue weighted by molar-refractivity contribution is -0.116. The SMILES string of the molecule is CCn1nc(C)c(NC(=O)Cn2ccc(-c3cccc(-c4ccncc4)c3)n2)c1C. The Morgan fingerprint density at radius 1 is 1.00 bits per heavy atom. The van der Waals surface area contributed by atoms with E-state index in [-0.39, 0.29) is 12.5 Å². The third-order valence-electron chi connectivity index (χ3n) is 5.06. The summed E-state index contributed by atoms with van der Waals surface area (Å²) in [6, 6.07) is 14.1. The highest BCUT2D eigenvalue weighted by Crippen LogP contribution is 2.25. The molecule has 7 nitrogen and oxygen atoms in total. The van der Waals surface area contributed by atoms with Gasteiger partial charge in [0, 0.05) is 30.7 Å². The molecule has 0 aliphatic heterocycles. The number of carbonyl (C=O) groups is 1. The molecule has 0 saturated heterocycles. The molecule has 30 heavy (non-hydrogen) atoms. The topological polar surface area (TPSA) is 77.6 Å². The summed E-state index contributed by atoms with van der Waals surface area (Å²) in [7, 11) is 0. The fraction of sp³-hybridized carbons (Fsp3) is 0.217. The average Bonchev–Trinajstić information content (AvgIpc) is 3.34. The van der Waals surface area contributed by atoms with Gasteiger partial charge in [-0.1, -0.05) is 18.2 Å². The van der Waals surface area contributed by atoms with Crippen LogP contribution in [-0.4, -0.2) is 30.5 Å². The van der Waals surface area contributed by atoms with Crippen molar-refractivity contribution in [2.24, 2.45) is 0 Å². The van der Waals surface area contributed by atoms with Gasteiger partial charge in [-0.3, -0.25) is 19.1 Å². The zero-order valence-electron chi connectivity index (χ0n) is 17.3. The van der Waals surface area contributed by atoms with E-state index in [9.17, 15) is 4.79 Å². The van der Waals surface area contributed by atoms with Crippen LogP contribution in [0.25, 0.3) is 22.4 Å². The summed E-state index contributed by atoms with van der Waals surface area (Å²) in [6.45, 7) is 6.79. The number of anilines is 1. The molecular formula is C23H24N6O. The highest BCUT2D eigenvalue weighted by Gasteiger charge is 2.14. The van der Waals surface area contributed by atoms with Crippen molar-refractivity contribution in [2.45, 2.75) is 33.9 Å². The van der Waals surface area contributed by atoms with E-state index >= 15 is 0 Å². The summed E-state index contributed by atoms with van der Waals surface area (Å²) >= 11 is 0. The largest absolute Gasteiger partial charge is 0.321 e. The lowest BCUT2D eigenvalue weighted by atomic mass is 10.0. The molecule has 0 unspecified atom stereocenters. The van der Waals surface area contributed by atoms with E-state index in [1.807, 2.05) is 62.0 Å². The molecule has 0 saturated carbocycles. The second-order valence-electron chi connectivity index (χ2n) is 7.13. The van der Waals surface area contributed by atoms with E-state index in [0.717, 1.165) is 46.0 Å². The van der Waals surface area contributed by atoms with Crippen molar-refractivity contribution in [1.29, 1.82) is 0 Å². The summed E-state index contributed by atoms with van der Waals surface area (Å²) in [5, 5.41) is 12.0. The van der Waals surface area contributed by atoms with E-state index < -0.39 is 0 Å². The van der Waals surface area contributed by atoms with Crippen molar-refractivity contribution in [1.82, 2.24) is 24.5 Å². The Labute approximate surface area is 175 Å². The minimum Gasteiger partial charge on any atom is -0.321 e. The van der Waals surface area contributed by atoms with E-state index in [1.54, 1.807) is 17.1 Å². The number of nitrogens with one attached hydrogen (secondary N) is 1. The number of carbonyl (C=O) groups excluding carboxylic acids is 1. The van der Waals surface area contributed by atoms with E-state index in [1.165, 1.54) is 0 Å².